The van der Waals surface area contributed by atoms with Crippen LogP contribution in [0.3, 0.4) is 0 Å². The van der Waals surface area contributed by atoms with Gasteiger partial charge in [-0.2, -0.15) is 0 Å². The van der Waals surface area contributed by atoms with Crippen LogP contribution in [0, 0.1) is 0 Å². The summed E-state index contributed by atoms with van der Waals surface area (Å²) in [6, 6.07) is 54.8. The molecule has 0 saturated carbocycles. The van der Waals surface area contributed by atoms with E-state index in [0.717, 1.165) is 27.8 Å². The van der Waals surface area contributed by atoms with Gasteiger partial charge in [-0.25, -0.2) is 15.0 Å². The second kappa shape index (κ2) is 12.4. The Balaban J connectivity index is 1.14. The Morgan fingerprint density at radius 2 is 0.796 bits per heavy atom. The van der Waals surface area contributed by atoms with Crippen LogP contribution < -0.4 is 0 Å². The summed E-state index contributed by atoms with van der Waals surface area (Å²) in [7, 11) is 0. The summed E-state index contributed by atoms with van der Waals surface area (Å²) in [6.45, 7) is 0. The van der Waals surface area contributed by atoms with Crippen LogP contribution >= 0.6 is 11.3 Å². The molecule has 230 valence electrons. The van der Waals surface area contributed by atoms with Crippen LogP contribution in [0.15, 0.2) is 170 Å². The molecule has 0 amide bonds. The summed E-state index contributed by atoms with van der Waals surface area (Å²) in [6.07, 6.45) is 3.76. The number of fused-ring (bicyclic) bond motifs is 3. The molecule has 0 saturated heterocycles. The number of hydrogen-bond donors (Lipinski definition) is 0. The molecule has 0 aliphatic heterocycles. The van der Waals surface area contributed by atoms with E-state index in [1.165, 1.54) is 42.4 Å². The third-order valence-electron chi connectivity index (χ3n) is 8.87. The molecular formula is C44H28N4S. The lowest BCUT2D eigenvalue weighted by molar-refractivity contribution is 1.07. The Hall–Kier alpha value is -6.30. The van der Waals surface area contributed by atoms with Gasteiger partial charge in [-0.15, -0.1) is 11.3 Å². The normalized spacial score (nSPS) is 11.3. The lowest BCUT2D eigenvalue weighted by Gasteiger charge is -2.10. The summed E-state index contributed by atoms with van der Waals surface area (Å²) in [5, 5.41) is 2.53. The average molecular weight is 645 g/mol. The quantitative estimate of drug-likeness (QED) is 0.181. The Bertz CT molecular complexity index is 2520. The number of thiophene rings is 1. The molecule has 0 aliphatic rings. The average Bonchev–Trinajstić information content (AvgIpc) is 3.58. The van der Waals surface area contributed by atoms with Gasteiger partial charge in [-0.3, -0.25) is 4.98 Å². The molecule has 0 atom stereocenters. The Labute approximate surface area is 288 Å². The maximum Gasteiger partial charge on any atom is 0.164 e. The third kappa shape index (κ3) is 5.36. The van der Waals surface area contributed by atoms with Crippen molar-refractivity contribution in [1.82, 2.24) is 19.9 Å². The van der Waals surface area contributed by atoms with E-state index in [9.17, 15) is 0 Å². The minimum absolute atomic E-state index is 0.649. The summed E-state index contributed by atoms with van der Waals surface area (Å²) < 4.78 is 2.56. The van der Waals surface area contributed by atoms with Crippen LogP contribution in [0.2, 0.25) is 0 Å². The minimum atomic E-state index is 0.649. The molecule has 9 rings (SSSR count). The minimum Gasteiger partial charge on any atom is -0.264 e. The molecule has 0 bridgehead atoms. The van der Waals surface area contributed by atoms with E-state index in [1.54, 1.807) is 0 Å². The van der Waals surface area contributed by atoms with E-state index < -0.39 is 0 Å². The lowest BCUT2D eigenvalue weighted by Crippen LogP contribution is -2.00. The highest BCUT2D eigenvalue weighted by molar-refractivity contribution is 7.26. The Kier molecular flexibility index (Phi) is 7.30. The van der Waals surface area contributed by atoms with E-state index in [0.29, 0.717) is 17.5 Å². The number of pyridine rings is 1. The predicted octanol–water partition coefficient (Wildman–Crippen LogP) is 11.6. The lowest BCUT2D eigenvalue weighted by atomic mass is 9.94. The maximum absolute atomic E-state index is 4.92. The Morgan fingerprint density at radius 3 is 1.39 bits per heavy atom. The molecular weight excluding hydrogens is 617 g/mol. The maximum atomic E-state index is 4.92. The molecule has 5 heteroatoms. The van der Waals surface area contributed by atoms with E-state index in [4.69, 9.17) is 15.0 Å². The molecule has 3 heterocycles. The highest BCUT2D eigenvalue weighted by Crippen LogP contribution is 2.45. The van der Waals surface area contributed by atoms with Gasteiger partial charge >= 0.3 is 0 Å². The van der Waals surface area contributed by atoms with E-state index in [2.05, 4.69) is 96.0 Å². The molecule has 9 aromatic rings. The van der Waals surface area contributed by atoms with Crippen LogP contribution in [-0.2, 0) is 0 Å². The van der Waals surface area contributed by atoms with Crippen LogP contribution in [0.5, 0.6) is 0 Å². The van der Waals surface area contributed by atoms with Crippen molar-refractivity contribution in [2.75, 3.05) is 0 Å². The SMILES string of the molecule is c1ccc(-c2nc(-c3ccccc3)nc(-c3ccc(-c4cccc5c4sc4c(-c6ccccc6-c6cccnc6)cccc45)cc3)n2)cc1. The first-order chi connectivity index (χ1) is 24.3. The molecule has 0 N–H and O–H groups in total. The molecule has 3 aromatic heterocycles. The van der Waals surface area contributed by atoms with Crippen molar-refractivity contribution in [2.45, 2.75) is 0 Å². The zero-order chi connectivity index (χ0) is 32.6. The molecule has 0 fully saturated rings. The zero-order valence-corrected chi connectivity index (χ0v) is 27.2. The van der Waals surface area contributed by atoms with Crippen molar-refractivity contribution in [3.63, 3.8) is 0 Å². The second-order valence-electron chi connectivity index (χ2n) is 11.9. The van der Waals surface area contributed by atoms with Crippen LogP contribution in [0.1, 0.15) is 0 Å². The molecule has 0 aliphatic carbocycles. The number of benzene rings is 6. The summed E-state index contributed by atoms with van der Waals surface area (Å²) >= 11 is 1.86. The van der Waals surface area contributed by atoms with Gasteiger partial charge in [0, 0.05) is 60.4 Å². The molecule has 0 unspecified atom stereocenters. The summed E-state index contributed by atoms with van der Waals surface area (Å²) in [5.41, 5.74) is 9.96. The van der Waals surface area contributed by atoms with Crippen molar-refractivity contribution in [1.29, 1.82) is 0 Å². The van der Waals surface area contributed by atoms with E-state index in [-0.39, 0.29) is 0 Å². The van der Waals surface area contributed by atoms with Crippen molar-refractivity contribution in [3.05, 3.63) is 170 Å². The van der Waals surface area contributed by atoms with Crippen molar-refractivity contribution in [2.24, 2.45) is 0 Å². The fourth-order valence-corrected chi connectivity index (χ4v) is 7.85. The fraction of sp³-hybridized carbons (Fsp3) is 0. The predicted molar refractivity (Wildman–Crippen MR) is 203 cm³/mol. The summed E-state index contributed by atoms with van der Waals surface area (Å²) in [4.78, 5) is 19.1. The second-order valence-corrected chi connectivity index (χ2v) is 12.9. The number of nitrogens with zero attached hydrogens (tertiary/aromatic N) is 4. The van der Waals surface area contributed by atoms with Gasteiger partial charge in [0.25, 0.3) is 0 Å². The van der Waals surface area contributed by atoms with Crippen LogP contribution in [0.4, 0.5) is 0 Å². The number of rotatable bonds is 6. The molecule has 49 heavy (non-hydrogen) atoms. The first-order valence-corrected chi connectivity index (χ1v) is 17.0. The largest absolute Gasteiger partial charge is 0.264 e. The standard InChI is InChI=1S/C44H28N4S/c1-3-12-30(13-4-1)42-46-43(31-14-5-2-6-15-31)48-44(47-42)32-25-23-29(24-26-32)35-19-9-21-38-39-22-10-20-37(41(39)49-40(35)38)36-18-8-7-17-34(36)33-16-11-27-45-28-33/h1-28H. The van der Waals surface area contributed by atoms with Gasteiger partial charge in [0.15, 0.2) is 17.5 Å². The van der Waals surface area contributed by atoms with Crippen molar-refractivity contribution < 1.29 is 0 Å². The van der Waals surface area contributed by atoms with Gasteiger partial charge < -0.3 is 0 Å². The molecule has 6 aromatic carbocycles. The summed E-state index contributed by atoms with van der Waals surface area (Å²) in [5.74, 6) is 1.96. The third-order valence-corrected chi connectivity index (χ3v) is 10.2. The highest BCUT2D eigenvalue weighted by atomic mass is 32.1. The van der Waals surface area contributed by atoms with Gasteiger partial charge in [0.2, 0.25) is 0 Å². The van der Waals surface area contributed by atoms with Gasteiger partial charge in [-0.1, -0.05) is 152 Å². The molecule has 0 spiro atoms. The fourth-order valence-electron chi connectivity index (χ4n) is 6.49. The number of aromatic nitrogens is 4. The zero-order valence-electron chi connectivity index (χ0n) is 26.4. The van der Waals surface area contributed by atoms with E-state index >= 15 is 0 Å². The topological polar surface area (TPSA) is 51.6 Å². The highest BCUT2D eigenvalue weighted by Gasteiger charge is 2.17. The first kappa shape index (κ1) is 28.9. The molecule has 0 radical (unpaired) electrons. The van der Waals surface area contributed by atoms with Gasteiger partial charge in [-0.05, 0) is 28.3 Å². The monoisotopic (exact) mass is 644 g/mol. The smallest absolute Gasteiger partial charge is 0.164 e. The first-order valence-electron chi connectivity index (χ1n) is 16.2. The molecule has 4 nitrogen and oxygen atoms in total. The van der Waals surface area contributed by atoms with Crippen molar-refractivity contribution in [3.8, 4) is 67.5 Å². The van der Waals surface area contributed by atoms with Gasteiger partial charge in [0.1, 0.15) is 0 Å². The van der Waals surface area contributed by atoms with Crippen molar-refractivity contribution >= 4 is 31.5 Å². The van der Waals surface area contributed by atoms with Gasteiger partial charge in [0.05, 0.1) is 0 Å². The Morgan fingerprint density at radius 1 is 0.327 bits per heavy atom. The number of hydrogen-bond acceptors (Lipinski definition) is 5. The van der Waals surface area contributed by atoms with Crippen LogP contribution in [0.25, 0.3) is 87.7 Å². The van der Waals surface area contributed by atoms with Crippen LogP contribution in [-0.4, -0.2) is 19.9 Å². The van der Waals surface area contributed by atoms with E-state index in [1.807, 2.05) is 90.5 Å².